The summed E-state index contributed by atoms with van der Waals surface area (Å²) in [5.74, 6) is 1.84. The van der Waals surface area contributed by atoms with E-state index < -0.39 is 0 Å². The van der Waals surface area contributed by atoms with Crippen LogP contribution in [0.5, 0.6) is 11.5 Å². The third kappa shape index (κ3) is 2.04. The maximum Gasteiger partial charge on any atom is 0.126 e. The van der Waals surface area contributed by atoms with Crippen LogP contribution in [-0.2, 0) is 6.42 Å². The van der Waals surface area contributed by atoms with Crippen molar-refractivity contribution in [2.45, 2.75) is 19.4 Å². The fourth-order valence-electron chi connectivity index (χ4n) is 1.96. The molecular weight excluding hydrogens is 202 g/mol. The molecular formula is C13H17NO2. The van der Waals surface area contributed by atoms with Gasteiger partial charge in [-0.25, -0.2) is 0 Å². The van der Waals surface area contributed by atoms with Gasteiger partial charge in [0.05, 0.1) is 7.11 Å². The number of hydrogen-bond donors (Lipinski definition) is 1. The van der Waals surface area contributed by atoms with Crippen LogP contribution in [0.2, 0.25) is 0 Å². The number of benzene rings is 1. The molecule has 0 bridgehead atoms. The van der Waals surface area contributed by atoms with Gasteiger partial charge in [0.25, 0.3) is 0 Å². The van der Waals surface area contributed by atoms with Gasteiger partial charge in [-0.05, 0) is 19.1 Å². The third-order valence-corrected chi connectivity index (χ3v) is 2.68. The van der Waals surface area contributed by atoms with E-state index in [1.165, 1.54) is 5.56 Å². The van der Waals surface area contributed by atoms with Crippen LogP contribution in [0.1, 0.15) is 18.1 Å². The van der Waals surface area contributed by atoms with Gasteiger partial charge in [-0.3, -0.25) is 0 Å². The Bertz CT molecular complexity index is 413. The normalized spacial score (nSPS) is 18.6. The van der Waals surface area contributed by atoms with Crippen LogP contribution in [0.15, 0.2) is 18.2 Å². The van der Waals surface area contributed by atoms with E-state index in [2.05, 4.69) is 13.0 Å². The van der Waals surface area contributed by atoms with Gasteiger partial charge in [0.2, 0.25) is 0 Å². The highest BCUT2D eigenvalue weighted by Crippen LogP contribution is 2.35. The van der Waals surface area contributed by atoms with Gasteiger partial charge in [-0.15, -0.1) is 0 Å². The summed E-state index contributed by atoms with van der Waals surface area (Å²) in [4.78, 5) is 0. The first-order valence-electron chi connectivity index (χ1n) is 5.48. The number of hydrogen-bond acceptors (Lipinski definition) is 3. The van der Waals surface area contributed by atoms with Crippen molar-refractivity contribution in [3.8, 4) is 11.5 Å². The smallest absolute Gasteiger partial charge is 0.126 e. The number of fused-ring (bicyclic) bond motifs is 1. The highest BCUT2D eigenvalue weighted by Gasteiger charge is 2.20. The molecule has 2 rings (SSSR count). The Labute approximate surface area is 95.9 Å². The predicted octanol–water partition coefficient (Wildman–Crippen LogP) is 1.99. The molecule has 0 saturated carbocycles. The average molecular weight is 219 g/mol. The summed E-state index contributed by atoms with van der Waals surface area (Å²) in [6.07, 6.45) is 5.08. The molecule has 1 aromatic carbocycles. The molecule has 3 nitrogen and oxygen atoms in total. The second-order valence-electron chi connectivity index (χ2n) is 3.97. The van der Waals surface area contributed by atoms with Gasteiger partial charge in [-0.1, -0.05) is 12.2 Å². The second kappa shape index (κ2) is 4.58. The van der Waals surface area contributed by atoms with Gasteiger partial charge in [-0.2, -0.15) is 0 Å². The molecule has 0 aromatic heterocycles. The predicted molar refractivity (Wildman–Crippen MR) is 64.9 cm³/mol. The maximum absolute atomic E-state index is 5.71. The second-order valence-corrected chi connectivity index (χ2v) is 3.97. The van der Waals surface area contributed by atoms with Crippen LogP contribution in [0.3, 0.4) is 0 Å². The SMILES string of the molecule is COc1cc2c(cc1/C=C/CN)OC(C)C2. The van der Waals surface area contributed by atoms with E-state index in [1.807, 2.05) is 18.2 Å². The molecule has 1 unspecified atom stereocenters. The maximum atomic E-state index is 5.71. The summed E-state index contributed by atoms with van der Waals surface area (Å²) in [5, 5.41) is 0. The van der Waals surface area contributed by atoms with E-state index in [0.29, 0.717) is 6.54 Å². The molecule has 2 N–H and O–H groups in total. The van der Waals surface area contributed by atoms with Crippen LogP contribution in [-0.4, -0.2) is 19.8 Å². The third-order valence-electron chi connectivity index (χ3n) is 2.68. The van der Waals surface area contributed by atoms with Crippen molar-refractivity contribution in [2.24, 2.45) is 5.73 Å². The summed E-state index contributed by atoms with van der Waals surface area (Å²) < 4.78 is 11.1. The molecule has 1 aliphatic rings. The lowest BCUT2D eigenvalue weighted by atomic mass is 10.1. The van der Waals surface area contributed by atoms with Crippen molar-refractivity contribution in [2.75, 3.05) is 13.7 Å². The Hall–Kier alpha value is -1.48. The molecule has 0 saturated heterocycles. The molecule has 1 heterocycles. The Morgan fingerprint density at radius 3 is 3.06 bits per heavy atom. The first-order valence-corrected chi connectivity index (χ1v) is 5.48. The van der Waals surface area contributed by atoms with Crippen molar-refractivity contribution in [3.63, 3.8) is 0 Å². The van der Waals surface area contributed by atoms with Crippen molar-refractivity contribution < 1.29 is 9.47 Å². The fourth-order valence-corrected chi connectivity index (χ4v) is 1.96. The zero-order chi connectivity index (χ0) is 11.5. The van der Waals surface area contributed by atoms with Crippen molar-refractivity contribution in [1.82, 2.24) is 0 Å². The molecule has 16 heavy (non-hydrogen) atoms. The Morgan fingerprint density at radius 2 is 2.38 bits per heavy atom. The van der Waals surface area contributed by atoms with E-state index in [-0.39, 0.29) is 6.10 Å². The van der Waals surface area contributed by atoms with Crippen LogP contribution in [0.4, 0.5) is 0 Å². The zero-order valence-corrected chi connectivity index (χ0v) is 9.69. The molecule has 0 fully saturated rings. The lowest BCUT2D eigenvalue weighted by Gasteiger charge is -2.08. The summed E-state index contributed by atoms with van der Waals surface area (Å²) in [6.45, 7) is 2.60. The number of ether oxygens (including phenoxy) is 2. The topological polar surface area (TPSA) is 44.5 Å². The standard InChI is InChI=1S/C13H17NO2/c1-9-6-11-8-12(15-2)10(4-3-5-14)7-13(11)16-9/h3-4,7-9H,5-6,14H2,1-2H3/b4-3+. The minimum Gasteiger partial charge on any atom is -0.496 e. The minimum atomic E-state index is 0.258. The molecule has 3 heteroatoms. The van der Waals surface area contributed by atoms with Gasteiger partial charge < -0.3 is 15.2 Å². The van der Waals surface area contributed by atoms with Gasteiger partial charge in [0.1, 0.15) is 17.6 Å². The number of methoxy groups -OCH3 is 1. The van der Waals surface area contributed by atoms with E-state index >= 15 is 0 Å². The first-order chi connectivity index (χ1) is 7.74. The average Bonchev–Trinajstić information content (AvgIpc) is 2.63. The molecule has 1 aliphatic heterocycles. The van der Waals surface area contributed by atoms with Crippen LogP contribution >= 0.6 is 0 Å². The molecule has 0 spiro atoms. The summed E-state index contributed by atoms with van der Waals surface area (Å²) in [5.41, 5.74) is 7.68. The van der Waals surface area contributed by atoms with Gasteiger partial charge >= 0.3 is 0 Å². The zero-order valence-electron chi connectivity index (χ0n) is 9.69. The van der Waals surface area contributed by atoms with Crippen molar-refractivity contribution >= 4 is 6.08 Å². The highest BCUT2D eigenvalue weighted by molar-refractivity contribution is 5.62. The summed E-state index contributed by atoms with van der Waals surface area (Å²) >= 11 is 0. The first kappa shape index (κ1) is 11.0. The van der Waals surface area contributed by atoms with Crippen LogP contribution < -0.4 is 15.2 Å². The highest BCUT2D eigenvalue weighted by atomic mass is 16.5. The molecule has 0 aliphatic carbocycles. The van der Waals surface area contributed by atoms with E-state index in [0.717, 1.165) is 23.5 Å². The molecule has 1 aromatic rings. The minimum absolute atomic E-state index is 0.258. The fraction of sp³-hybridized carbons (Fsp3) is 0.385. The van der Waals surface area contributed by atoms with Crippen LogP contribution in [0, 0.1) is 0 Å². The number of rotatable bonds is 3. The van der Waals surface area contributed by atoms with Gasteiger partial charge in [0.15, 0.2) is 0 Å². The Morgan fingerprint density at radius 1 is 1.56 bits per heavy atom. The largest absolute Gasteiger partial charge is 0.496 e. The quantitative estimate of drug-likeness (QED) is 0.845. The van der Waals surface area contributed by atoms with Crippen molar-refractivity contribution in [1.29, 1.82) is 0 Å². The lowest BCUT2D eigenvalue weighted by Crippen LogP contribution is -2.05. The van der Waals surface area contributed by atoms with E-state index in [4.69, 9.17) is 15.2 Å². The van der Waals surface area contributed by atoms with E-state index in [1.54, 1.807) is 7.11 Å². The molecule has 1 atom stereocenters. The summed E-state index contributed by atoms with van der Waals surface area (Å²) in [6, 6.07) is 4.07. The lowest BCUT2D eigenvalue weighted by molar-refractivity contribution is 0.254. The van der Waals surface area contributed by atoms with Crippen molar-refractivity contribution in [3.05, 3.63) is 29.3 Å². The monoisotopic (exact) mass is 219 g/mol. The molecule has 86 valence electrons. The molecule has 0 amide bonds. The summed E-state index contributed by atoms with van der Waals surface area (Å²) in [7, 11) is 1.68. The van der Waals surface area contributed by atoms with Gasteiger partial charge in [0, 0.05) is 24.1 Å². The Balaban J connectivity index is 2.38. The van der Waals surface area contributed by atoms with E-state index in [9.17, 15) is 0 Å². The number of nitrogens with two attached hydrogens (primary N) is 1. The molecule has 0 radical (unpaired) electrons. The van der Waals surface area contributed by atoms with Crippen LogP contribution in [0.25, 0.3) is 6.08 Å². The Kier molecular flexibility index (Phi) is 3.15.